The number of primary amides is 1. The Morgan fingerprint density at radius 1 is 0.842 bits per heavy atom. The molecule has 1 amide bonds. The average molecular weight is 289 g/mol. The minimum atomic E-state index is -3.79. The fraction of sp³-hybridized carbons (Fsp3) is 0.923. The lowest BCUT2D eigenvalue weighted by Gasteiger charge is -2.29. The van der Waals surface area contributed by atoms with Crippen molar-refractivity contribution in [3.8, 4) is 0 Å². The van der Waals surface area contributed by atoms with Crippen molar-refractivity contribution in [2.45, 2.75) is 76.4 Å². The van der Waals surface area contributed by atoms with Crippen LogP contribution in [-0.2, 0) is 13.6 Å². The molecule has 0 aromatic heterocycles. The third-order valence-corrected chi connectivity index (χ3v) is 5.64. The first-order valence-electron chi connectivity index (χ1n) is 7.37. The smallest absolute Gasteiger partial charge is 0.359 e. The highest BCUT2D eigenvalue weighted by molar-refractivity contribution is 7.71. The van der Waals surface area contributed by atoms with Crippen molar-refractivity contribution in [3.05, 3.63) is 0 Å². The SMILES string of the molecule is NC(=O)P(=O)(OC1CCCCC1)OC1CCCCC1. The van der Waals surface area contributed by atoms with E-state index in [9.17, 15) is 9.36 Å². The fourth-order valence-electron chi connectivity index (χ4n) is 2.86. The van der Waals surface area contributed by atoms with E-state index in [0.29, 0.717) is 0 Å². The Kier molecular flexibility index (Phi) is 5.43. The van der Waals surface area contributed by atoms with Crippen LogP contribution in [0.1, 0.15) is 64.2 Å². The summed E-state index contributed by atoms with van der Waals surface area (Å²) in [5.74, 6) is 0. The van der Waals surface area contributed by atoms with Crippen molar-refractivity contribution in [2.75, 3.05) is 0 Å². The third-order valence-electron chi connectivity index (χ3n) is 3.95. The number of hydrogen-bond donors (Lipinski definition) is 1. The summed E-state index contributed by atoms with van der Waals surface area (Å²) in [5.41, 5.74) is 4.31. The zero-order valence-electron chi connectivity index (χ0n) is 11.4. The average Bonchev–Trinajstić information content (AvgIpc) is 2.40. The van der Waals surface area contributed by atoms with Crippen molar-refractivity contribution < 1.29 is 18.4 Å². The van der Waals surface area contributed by atoms with Crippen LogP contribution in [-0.4, -0.2) is 17.9 Å². The van der Waals surface area contributed by atoms with Gasteiger partial charge in [0.2, 0.25) is 0 Å². The van der Waals surface area contributed by atoms with Crippen LogP contribution in [0.5, 0.6) is 0 Å². The summed E-state index contributed by atoms with van der Waals surface area (Å²) in [4.78, 5) is 11.5. The van der Waals surface area contributed by atoms with E-state index >= 15 is 0 Å². The summed E-state index contributed by atoms with van der Waals surface area (Å²) >= 11 is 0. The molecule has 2 rings (SSSR count). The molecule has 2 saturated carbocycles. The topological polar surface area (TPSA) is 78.6 Å². The maximum atomic E-state index is 12.5. The standard InChI is InChI=1S/C13H24NO4P/c14-13(15)19(16,17-11-7-3-1-4-8-11)18-12-9-5-2-6-10-12/h11-12H,1-10H2,(H2,14,15). The predicted octanol–water partition coefficient (Wildman–Crippen LogP) is 3.96. The molecule has 0 heterocycles. The molecule has 0 unspecified atom stereocenters. The highest BCUT2D eigenvalue weighted by Crippen LogP contribution is 2.53. The Morgan fingerprint density at radius 3 is 1.53 bits per heavy atom. The lowest BCUT2D eigenvalue weighted by molar-refractivity contribution is 0.0822. The van der Waals surface area contributed by atoms with Crippen molar-refractivity contribution in [1.29, 1.82) is 0 Å². The van der Waals surface area contributed by atoms with Crippen LogP contribution >= 0.6 is 7.60 Å². The molecule has 110 valence electrons. The van der Waals surface area contributed by atoms with Crippen LogP contribution in [0.4, 0.5) is 4.79 Å². The first-order valence-corrected chi connectivity index (χ1v) is 8.91. The Morgan fingerprint density at radius 2 is 1.21 bits per heavy atom. The molecule has 19 heavy (non-hydrogen) atoms. The van der Waals surface area contributed by atoms with E-state index in [1.54, 1.807) is 0 Å². The number of nitrogens with two attached hydrogens (primary N) is 1. The summed E-state index contributed by atoms with van der Waals surface area (Å²) in [6.07, 6.45) is 9.60. The van der Waals surface area contributed by atoms with Gasteiger partial charge in [-0.25, -0.2) is 4.57 Å². The number of carbonyl (C=O) groups is 1. The van der Waals surface area contributed by atoms with E-state index in [4.69, 9.17) is 14.8 Å². The molecule has 2 aliphatic carbocycles. The number of hydrogen-bond acceptors (Lipinski definition) is 4. The first-order chi connectivity index (χ1) is 9.10. The maximum Gasteiger partial charge on any atom is 0.418 e. The van der Waals surface area contributed by atoms with Crippen LogP contribution in [0.2, 0.25) is 0 Å². The van der Waals surface area contributed by atoms with Gasteiger partial charge >= 0.3 is 13.2 Å². The van der Waals surface area contributed by atoms with Gasteiger partial charge in [-0.1, -0.05) is 38.5 Å². The quantitative estimate of drug-likeness (QED) is 0.777. The van der Waals surface area contributed by atoms with Crippen LogP contribution in [0.15, 0.2) is 0 Å². The zero-order chi connectivity index (χ0) is 13.7. The van der Waals surface area contributed by atoms with Gasteiger partial charge in [0.15, 0.2) is 0 Å². The number of amides is 1. The van der Waals surface area contributed by atoms with E-state index in [1.165, 1.54) is 12.8 Å². The number of carbonyl (C=O) groups excluding carboxylic acids is 1. The van der Waals surface area contributed by atoms with Gasteiger partial charge in [-0.05, 0) is 25.7 Å². The molecule has 0 saturated heterocycles. The molecule has 0 aromatic carbocycles. The Balaban J connectivity index is 1.95. The van der Waals surface area contributed by atoms with Crippen LogP contribution < -0.4 is 5.73 Å². The summed E-state index contributed by atoms with van der Waals surface area (Å²) in [6.45, 7) is 0. The minimum Gasteiger partial charge on any atom is -0.359 e. The molecule has 2 N–H and O–H groups in total. The Labute approximate surface area is 114 Å². The molecule has 6 heteroatoms. The van der Waals surface area contributed by atoms with Crippen LogP contribution in [0.3, 0.4) is 0 Å². The minimum absolute atomic E-state index is 0.143. The van der Waals surface area contributed by atoms with Crippen LogP contribution in [0.25, 0.3) is 0 Å². The van der Waals surface area contributed by atoms with E-state index in [2.05, 4.69) is 0 Å². The van der Waals surface area contributed by atoms with Gasteiger partial charge in [0.1, 0.15) is 0 Å². The second kappa shape index (κ2) is 6.87. The molecular formula is C13H24NO4P. The monoisotopic (exact) mass is 289 g/mol. The summed E-state index contributed by atoms with van der Waals surface area (Å²) in [5, 5.41) is 0. The number of rotatable bonds is 5. The maximum absolute atomic E-state index is 12.5. The Bertz CT molecular complexity index is 325. The lowest BCUT2D eigenvalue weighted by Crippen LogP contribution is -2.25. The normalized spacial score (nSPS) is 23.4. The van der Waals surface area contributed by atoms with E-state index < -0.39 is 13.2 Å². The molecule has 2 aliphatic rings. The van der Waals surface area contributed by atoms with Crippen molar-refractivity contribution in [2.24, 2.45) is 5.73 Å². The molecule has 0 aromatic rings. The summed E-state index contributed by atoms with van der Waals surface area (Å²) in [6, 6.07) is 0. The molecule has 0 atom stereocenters. The predicted molar refractivity (Wildman–Crippen MR) is 73.1 cm³/mol. The van der Waals surface area contributed by atoms with E-state index in [1.807, 2.05) is 0 Å². The fourth-order valence-corrected chi connectivity index (χ4v) is 4.33. The van der Waals surface area contributed by atoms with E-state index in [-0.39, 0.29) is 12.2 Å². The molecular weight excluding hydrogens is 265 g/mol. The highest BCUT2D eigenvalue weighted by Gasteiger charge is 2.38. The zero-order valence-corrected chi connectivity index (χ0v) is 12.3. The van der Waals surface area contributed by atoms with Gasteiger partial charge in [-0.2, -0.15) is 0 Å². The Hall–Kier alpha value is -0.380. The molecule has 2 fully saturated rings. The van der Waals surface area contributed by atoms with Crippen molar-refractivity contribution in [3.63, 3.8) is 0 Å². The second-order valence-electron chi connectivity index (χ2n) is 5.57. The van der Waals surface area contributed by atoms with Gasteiger partial charge in [0, 0.05) is 0 Å². The molecule has 0 aliphatic heterocycles. The van der Waals surface area contributed by atoms with Gasteiger partial charge in [0.25, 0.3) is 0 Å². The molecule has 0 bridgehead atoms. The summed E-state index contributed by atoms with van der Waals surface area (Å²) in [7, 11) is -3.79. The second-order valence-corrected chi connectivity index (χ2v) is 7.42. The molecule has 0 radical (unpaired) electrons. The third kappa shape index (κ3) is 4.30. The van der Waals surface area contributed by atoms with Crippen molar-refractivity contribution >= 4 is 13.2 Å². The van der Waals surface area contributed by atoms with Gasteiger partial charge in [0.05, 0.1) is 12.2 Å². The summed E-state index contributed by atoms with van der Waals surface area (Å²) < 4.78 is 23.5. The van der Waals surface area contributed by atoms with Gasteiger partial charge in [-0.15, -0.1) is 0 Å². The van der Waals surface area contributed by atoms with Crippen molar-refractivity contribution in [1.82, 2.24) is 0 Å². The largest absolute Gasteiger partial charge is 0.418 e. The highest BCUT2D eigenvalue weighted by atomic mass is 31.2. The van der Waals surface area contributed by atoms with Gasteiger partial charge in [-0.3, -0.25) is 13.8 Å². The lowest BCUT2D eigenvalue weighted by atomic mass is 9.98. The molecule has 0 spiro atoms. The molecule has 5 nitrogen and oxygen atoms in total. The first kappa shape index (κ1) is 15.0. The van der Waals surface area contributed by atoms with Gasteiger partial charge < -0.3 is 5.73 Å². The van der Waals surface area contributed by atoms with Crippen LogP contribution in [0, 0.1) is 0 Å². The van der Waals surface area contributed by atoms with E-state index in [0.717, 1.165) is 51.4 Å².